The van der Waals surface area contributed by atoms with Crippen LogP contribution in [-0.2, 0) is 27.7 Å². The summed E-state index contributed by atoms with van der Waals surface area (Å²) < 4.78 is 12.7. The van der Waals surface area contributed by atoms with Gasteiger partial charge in [-0.25, -0.2) is 4.99 Å². The number of methoxy groups -OCH3 is 1. The Morgan fingerprint density at radius 2 is 1.58 bits per heavy atom. The van der Waals surface area contributed by atoms with Crippen molar-refractivity contribution in [2.24, 2.45) is 10.9 Å². The number of aliphatic imine (C=N–C) groups is 1. The van der Waals surface area contributed by atoms with Gasteiger partial charge in [0.2, 0.25) is 0 Å². The zero-order valence-corrected chi connectivity index (χ0v) is 21.3. The summed E-state index contributed by atoms with van der Waals surface area (Å²) in [5, 5.41) is 3.88. The van der Waals surface area contributed by atoms with Gasteiger partial charge in [0.25, 0.3) is 0 Å². The number of nitrogens with zero attached hydrogens (tertiary/aromatic N) is 1. The molecular formula is C32H34N2O2. The third-order valence-corrected chi connectivity index (χ3v) is 7.99. The van der Waals surface area contributed by atoms with Crippen molar-refractivity contribution < 1.29 is 9.47 Å². The van der Waals surface area contributed by atoms with E-state index in [0.29, 0.717) is 6.61 Å². The van der Waals surface area contributed by atoms with E-state index in [1.165, 1.54) is 22.3 Å². The normalized spacial score (nSPS) is 26.1. The fraction of sp³-hybridized carbons (Fsp3) is 0.344. The van der Waals surface area contributed by atoms with Crippen LogP contribution in [0.1, 0.15) is 36.1 Å². The third kappa shape index (κ3) is 3.75. The van der Waals surface area contributed by atoms with Gasteiger partial charge in [0.05, 0.1) is 18.1 Å². The van der Waals surface area contributed by atoms with Gasteiger partial charge < -0.3 is 14.8 Å². The number of fused-ring (bicyclic) bond motifs is 2. The Balaban J connectivity index is 1.57. The van der Waals surface area contributed by atoms with Gasteiger partial charge in [-0.1, -0.05) is 84.9 Å². The highest BCUT2D eigenvalue weighted by Crippen LogP contribution is 2.53. The van der Waals surface area contributed by atoms with Gasteiger partial charge in [-0.05, 0) is 49.0 Å². The Morgan fingerprint density at radius 3 is 2.25 bits per heavy atom. The molecular weight excluding hydrogens is 444 g/mol. The molecule has 4 heteroatoms. The SMILES string of the molecule is COC1=C2C(Cc3ccccc3)NC[C@@H]2[C@](Cc2ccccc2)(C2=NC(C)(C)CO2)c2ccccc21. The lowest BCUT2D eigenvalue weighted by Crippen LogP contribution is -2.49. The average Bonchev–Trinajstić information content (AvgIpc) is 3.49. The minimum absolute atomic E-state index is 0.170. The monoisotopic (exact) mass is 478 g/mol. The molecule has 2 aliphatic heterocycles. The van der Waals surface area contributed by atoms with Crippen molar-refractivity contribution in [1.29, 1.82) is 0 Å². The smallest absolute Gasteiger partial charge is 0.195 e. The first kappa shape index (κ1) is 23.1. The first-order valence-electron chi connectivity index (χ1n) is 12.9. The van der Waals surface area contributed by atoms with E-state index >= 15 is 0 Å². The van der Waals surface area contributed by atoms with Crippen molar-refractivity contribution in [2.75, 3.05) is 20.3 Å². The van der Waals surface area contributed by atoms with Crippen molar-refractivity contribution in [2.45, 2.75) is 43.7 Å². The summed E-state index contributed by atoms with van der Waals surface area (Å²) in [4.78, 5) is 5.23. The largest absolute Gasteiger partial charge is 0.496 e. The van der Waals surface area contributed by atoms with Crippen LogP contribution in [0.25, 0.3) is 5.76 Å². The summed E-state index contributed by atoms with van der Waals surface area (Å²) >= 11 is 0. The van der Waals surface area contributed by atoms with Gasteiger partial charge in [-0.2, -0.15) is 0 Å². The van der Waals surface area contributed by atoms with Gasteiger partial charge in [-0.3, -0.25) is 0 Å². The first-order valence-corrected chi connectivity index (χ1v) is 12.9. The van der Waals surface area contributed by atoms with Crippen LogP contribution >= 0.6 is 0 Å². The van der Waals surface area contributed by atoms with Gasteiger partial charge in [-0.15, -0.1) is 0 Å². The minimum Gasteiger partial charge on any atom is -0.496 e. The van der Waals surface area contributed by atoms with Gasteiger partial charge in [0, 0.05) is 24.1 Å². The molecule has 4 nitrogen and oxygen atoms in total. The van der Waals surface area contributed by atoms with E-state index in [-0.39, 0.29) is 17.5 Å². The summed E-state index contributed by atoms with van der Waals surface area (Å²) in [7, 11) is 1.81. The lowest BCUT2D eigenvalue weighted by atomic mass is 9.59. The van der Waals surface area contributed by atoms with Crippen molar-refractivity contribution in [3.63, 3.8) is 0 Å². The Bertz CT molecular complexity index is 1310. The molecule has 1 N–H and O–H groups in total. The standard InChI is InChI=1S/C32H34N2O2/c1-31(2)21-36-30(34-31)32(19-23-14-8-5-9-15-23)25-17-11-10-16-24(25)29(35-3)28-26(32)20-33-27(28)18-22-12-6-4-7-13-22/h4-17,26-27,33H,18-21H2,1-3H3/t26-,27?,32+/m0/s1. The van der Waals surface area contributed by atoms with Crippen LogP contribution in [0, 0.1) is 5.92 Å². The van der Waals surface area contributed by atoms with E-state index in [0.717, 1.165) is 36.6 Å². The lowest BCUT2D eigenvalue weighted by molar-refractivity contribution is 0.241. The maximum Gasteiger partial charge on any atom is 0.195 e. The Hall–Kier alpha value is -3.37. The molecule has 2 heterocycles. The molecule has 1 aliphatic carbocycles. The molecule has 0 spiro atoms. The average molecular weight is 479 g/mol. The number of hydrogen-bond donors (Lipinski definition) is 1. The molecule has 3 aromatic carbocycles. The molecule has 0 bridgehead atoms. The molecule has 1 fully saturated rings. The van der Waals surface area contributed by atoms with Gasteiger partial charge >= 0.3 is 0 Å². The van der Waals surface area contributed by atoms with E-state index in [2.05, 4.69) is 104 Å². The van der Waals surface area contributed by atoms with Crippen molar-refractivity contribution >= 4 is 11.7 Å². The van der Waals surface area contributed by atoms with Crippen LogP contribution in [0.15, 0.2) is 95.5 Å². The Kier molecular flexibility index (Phi) is 5.72. The van der Waals surface area contributed by atoms with Crippen LogP contribution in [0.2, 0.25) is 0 Å². The zero-order valence-electron chi connectivity index (χ0n) is 21.3. The van der Waals surface area contributed by atoms with Crippen LogP contribution in [0.3, 0.4) is 0 Å². The van der Waals surface area contributed by atoms with Crippen molar-refractivity contribution in [1.82, 2.24) is 5.32 Å². The second kappa shape index (κ2) is 8.94. The number of ether oxygens (including phenoxy) is 2. The molecule has 184 valence electrons. The summed E-state index contributed by atoms with van der Waals surface area (Å²) in [6, 6.07) is 30.4. The first-order chi connectivity index (χ1) is 17.5. The summed E-state index contributed by atoms with van der Waals surface area (Å²) in [6.45, 7) is 5.77. The summed E-state index contributed by atoms with van der Waals surface area (Å²) in [6.07, 6.45) is 1.74. The molecule has 6 rings (SSSR count). The topological polar surface area (TPSA) is 42.8 Å². The zero-order chi connectivity index (χ0) is 24.8. The van der Waals surface area contributed by atoms with Crippen LogP contribution < -0.4 is 5.32 Å². The highest BCUT2D eigenvalue weighted by molar-refractivity contribution is 5.95. The Morgan fingerprint density at radius 1 is 0.917 bits per heavy atom. The van der Waals surface area contributed by atoms with Gasteiger partial charge in [0.1, 0.15) is 12.4 Å². The van der Waals surface area contributed by atoms with Crippen LogP contribution in [0.5, 0.6) is 0 Å². The summed E-state index contributed by atoms with van der Waals surface area (Å²) in [5.74, 6) is 2.04. The number of benzene rings is 3. The van der Waals surface area contributed by atoms with E-state index in [1.807, 2.05) is 7.11 Å². The number of hydrogen-bond acceptors (Lipinski definition) is 4. The van der Waals surface area contributed by atoms with Gasteiger partial charge in [0.15, 0.2) is 5.90 Å². The fourth-order valence-corrected chi connectivity index (χ4v) is 6.44. The third-order valence-electron chi connectivity index (χ3n) is 7.99. The Labute approximate surface area is 214 Å². The van der Waals surface area contributed by atoms with E-state index < -0.39 is 5.41 Å². The molecule has 3 aromatic rings. The summed E-state index contributed by atoms with van der Waals surface area (Å²) in [5.41, 5.74) is 5.69. The second-order valence-corrected chi connectivity index (χ2v) is 10.9. The molecule has 3 atom stereocenters. The molecule has 36 heavy (non-hydrogen) atoms. The molecule has 0 amide bonds. The minimum atomic E-state index is -0.415. The molecule has 0 radical (unpaired) electrons. The fourth-order valence-electron chi connectivity index (χ4n) is 6.44. The highest BCUT2D eigenvalue weighted by Gasteiger charge is 2.57. The highest BCUT2D eigenvalue weighted by atomic mass is 16.5. The number of nitrogens with one attached hydrogen (secondary N) is 1. The molecule has 1 saturated heterocycles. The molecule has 0 saturated carbocycles. The number of rotatable bonds is 6. The van der Waals surface area contributed by atoms with E-state index in [4.69, 9.17) is 14.5 Å². The molecule has 0 aromatic heterocycles. The maximum atomic E-state index is 6.53. The van der Waals surface area contributed by atoms with Crippen LogP contribution in [0.4, 0.5) is 0 Å². The molecule has 1 unspecified atom stereocenters. The second-order valence-electron chi connectivity index (χ2n) is 10.9. The van der Waals surface area contributed by atoms with Crippen LogP contribution in [-0.4, -0.2) is 37.7 Å². The molecule has 3 aliphatic rings. The predicted octanol–water partition coefficient (Wildman–Crippen LogP) is 5.58. The van der Waals surface area contributed by atoms with E-state index in [1.54, 1.807) is 0 Å². The van der Waals surface area contributed by atoms with E-state index in [9.17, 15) is 0 Å². The van der Waals surface area contributed by atoms with Crippen molar-refractivity contribution in [3.8, 4) is 0 Å². The van der Waals surface area contributed by atoms with Crippen molar-refractivity contribution in [3.05, 3.63) is 113 Å². The lowest BCUT2D eigenvalue weighted by Gasteiger charge is -2.44. The predicted molar refractivity (Wildman–Crippen MR) is 145 cm³/mol. The quantitative estimate of drug-likeness (QED) is 0.503. The maximum absolute atomic E-state index is 6.53.